The Hall–Kier alpha value is -3.90. The molecule has 0 unspecified atom stereocenters. The average Bonchev–Trinajstić information content (AvgIpc) is 3.19. The Labute approximate surface area is 200 Å². The molecule has 4 N–H and O–H groups in total. The van der Waals surface area contributed by atoms with Crippen LogP contribution >= 0.6 is 0 Å². The number of anilines is 2. The van der Waals surface area contributed by atoms with Gasteiger partial charge >= 0.3 is 0 Å². The Kier molecular flexibility index (Phi) is 7.40. The number of hydrogen-bond donors (Lipinski definition) is 4. The average molecular weight is 455 g/mol. The maximum atomic E-state index is 13.1. The second-order valence-electron chi connectivity index (χ2n) is 8.29. The zero-order valence-electron chi connectivity index (χ0n) is 19.6. The van der Waals surface area contributed by atoms with Crippen LogP contribution in [0.25, 0.3) is 11.3 Å². The predicted molar refractivity (Wildman–Crippen MR) is 138 cm³/mol. The smallest absolute Gasteiger partial charge is 0.258 e. The number of benzene rings is 3. The molecule has 2 amide bonds. The first-order valence-corrected chi connectivity index (χ1v) is 11.6. The summed E-state index contributed by atoms with van der Waals surface area (Å²) >= 11 is 0. The van der Waals surface area contributed by atoms with Crippen molar-refractivity contribution < 1.29 is 9.59 Å². The van der Waals surface area contributed by atoms with E-state index in [-0.39, 0.29) is 11.8 Å². The molecule has 6 nitrogen and oxygen atoms in total. The maximum absolute atomic E-state index is 13.1. The molecule has 0 fully saturated rings. The number of hydrogen-bond acceptors (Lipinski definition) is 4. The minimum absolute atomic E-state index is 0.135. The van der Waals surface area contributed by atoms with Gasteiger partial charge in [-0.3, -0.25) is 9.59 Å². The second kappa shape index (κ2) is 10.8. The first kappa shape index (κ1) is 23.3. The summed E-state index contributed by atoms with van der Waals surface area (Å²) in [6.45, 7) is 3.50. The molecule has 0 aromatic heterocycles. The molecule has 0 radical (unpaired) electrons. The van der Waals surface area contributed by atoms with Crippen LogP contribution in [0, 0.1) is 0 Å². The van der Waals surface area contributed by atoms with E-state index >= 15 is 0 Å². The molecule has 0 saturated heterocycles. The van der Waals surface area contributed by atoms with E-state index in [9.17, 15) is 9.59 Å². The molecular weight excluding hydrogens is 424 g/mol. The van der Waals surface area contributed by atoms with Gasteiger partial charge in [-0.15, -0.1) is 0 Å². The van der Waals surface area contributed by atoms with Crippen molar-refractivity contribution in [2.75, 3.05) is 24.2 Å². The van der Waals surface area contributed by atoms with E-state index in [1.54, 1.807) is 18.2 Å². The van der Waals surface area contributed by atoms with Gasteiger partial charge in [0.2, 0.25) is 0 Å². The minimum Gasteiger partial charge on any atom is -0.354 e. The van der Waals surface area contributed by atoms with Crippen LogP contribution in [0.1, 0.15) is 46.8 Å². The highest BCUT2D eigenvalue weighted by Gasteiger charge is 2.29. The maximum Gasteiger partial charge on any atom is 0.258 e. The van der Waals surface area contributed by atoms with Crippen LogP contribution in [0.5, 0.6) is 0 Å². The first-order valence-electron chi connectivity index (χ1n) is 11.6. The van der Waals surface area contributed by atoms with E-state index in [2.05, 4.69) is 28.2 Å². The molecule has 0 saturated carbocycles. The number of carbonyl (C=O) groups is 2. The number of rotatable bonds is 9. The van der Waals surface area contributed by atoms with Crippen molar-refractivity contribution in [3.05, 3.63) is 95.1 Å². The van der Waals surface area contributed by atoms with Gasteiger partial charge < -0.3 is 21.3 Å². The van der Waals surface area contributed by atoms with E-state index < -0.39 is 0 Å². The standard InChI is InChI=1S/C28H30N4O2/c1-3-4-16-30-27(33)21-12-15-24-23(17-21)25(28(34)32-24)26(20-8-6-5-7-9-20)31-22-13-10-19(11-14-22)18-29-2/h5-15,17,29,31H,3-4,16,18H2,1-2H3,(H,30,33)(H,32,34). The predicted octanol–water partition coefficient (Wildman–Crippen LogP) is 4.87. The number of amides is 2. The van der Waals surface area contributed by atoms with Crippen molar-refractivity contribution >= 4 is 34.5 Å². The molecule has 0 bridgehead atoms. The van der Waals surface area contributed by atoms with Gasteiger partial charge in [0.1, 0.15) is 0 Å². The minimum atomic E-state index is -0.198. The third-order valence-electron chi connectivity index (χ3n) is 5.76. The summed E-state index contributed by atoms with van der Waals surface area (Å²) in [4.78, 5) is 25.8. The highest BCUT2D eigenvalue weighted by Crippen LogP contribution is 2.38. The molecule has 6 heteroatoms. The molecule has 4 rings (SSSR count). The monoisotopic (exact) mass is 454 g/mol. The molecule has 0 spiro atoms. The molecule has 174 valence electrons. The highest BCUT2D eigenvalue weighted by atomic mass is 16.2. The van der Waals surface area contributed by atoms with Crippen LogP contribution in [-0.2, 0) is 11.3 Å². The van der Waals surface area contributed by atoms with Crippen LogP contribution in [0.2, 0.25) is 0 Å². The van der Waals surface area contributed by atoms with E-state index in [0.717, 1.165) is 30.6 Å². The summed E-state index contributed by atoms with van der Waals surface area (Å²) in [6.07, 6.45) is 1.94. The van der Waals surface area contributed by atoms with Crippen LogP contribution < -0.4 is 21.3 Å². The molecular formula is C28H30N4O2. The number of fused-ring (bicyclic) bond motifs is 1. The molecule has 1 aliphatic heterocycles. The van der Waals surface area contributed by atoms with Gasteiger partial charge in [-0.1, -0.05) is 55.8 Å². The molecule has 3 aromatic rings. The lowest BCUT2D eigenvalue weighted by Crippen LogP contribution is -2.24. The second-order valence-corrected chi connectivity index (χ2v) is 8.29. The quantitative estimate of drug-likeness (QED) is 0.275. The Bertz CT molecular complexity index is 1200. The van der Waals surface area contributed by atoms with Crippen molar-refractivity contribution in [1.82, 2.24) is 10.6 Å². The van der Waals surface area contributed by atoms with Crippen LogP contribution in [0.3, 0.4) is 0 Å². The topological polar surface area (TPSA) is 82.3 Å². The Balaban J connectivity index is 1.75. The molecule has 0 aliphatic carbocycles. The number of unbranched alkanes of at least 4 members (excludes halogenated alkanes) is 1. The third kappa shape index (κ3) is 5.18. The molecule has 0 atom stereocenters. The van der Waals surface area contributed by atoms with Crippen molar-refractivity contribution in [3.63, 3.8) is 0 Å². The zero-order chi connectivity index (χ0) is 23.9. The Morgan fingerprint density at radius 3 is 2.41 bits per heavy atom. The fourth-order valence-electron chi connectivity index (χ4n) is 3.98. The Morgan fingerprint density at radius 2 is 1.71 bits per heavy atom. The molecule has 1 aliphatic rings. The van der Waals surface area contributed by atoms with Crippen LogP contribution in [-0.4, -0.2) is 25.4 Å². The van der Waals surface area contributed by atoms with Gasteiger partial charge in [-0.2, -0.15) is 0 Å². The van der Waals surface area contributed by atoms with Crippen molar-refractivity contribution in [1.29, 1.82) is 0 Å². The van der Waals surface area contributed by atoms with E-state index in [1.165, 1.54) is 5.56 Å². The summed E-state index contributed by atoms with van der Waals surface area (Å²) in [6, 6.07) is 23.2. The van der Waals surface area contributed by atoms with E-state index in [4.69, 9.17) is 0 Å². The fraction of sp³-hybridized carbons (Fsp3) is 0.214. The lowest BCUT2D eigenvalue weighted by Gasteiger charge is -2.15. The van der Waals surface area contributed by atoms with Crippen molar-refractivity contribution in [2.24, 2.45) is 0 Å². The van der Waals surface area contributed by atoms with Gasteiger partial charge in [0.15, 0.2) is 0 Å². The number of nitrogens with one attached hydrogen (secondary N) is 4. The van der Waals surface area contributed by atoms with Crippen LogP contribution in [0.15, 0.2) is 72.8 Å². The number of carbonyl (C=O) groups excluding carboxylic acids is 2. The van der Waals surface area contributed by atoms with Gasteiger partial charge in [-0.05, 0) is 54.9 Å². The summed E-state index contributed by atoms with van der Waals surface area (Å²) in [5, 5.41) is 12.5. The van der Waals surface area contributed by atoms with Gasteiger partial charge in [0.05, 0.1) is 11.3 Å². The summed E-state index contributed by atoms with van der Waals surface area (Å²) in [5.41, 5.74) is 6.09. The van der Waals surface area contributed by atoms with E-state index in [1.807, 2.05) is 61.6 Å². The first-order chi connectivity index (χ1) is 16.6. The van der Waals surface area contributed by atoms with E-state index in [0.29, 0.717) is 34.6 Å². The molecule has 1 heterocycles. The fourth-order valence-corrected chi connectivity index (χ4v) is 3.98. The SMILES string of the molecule is CCCCNC(=O)c1ccc2c(c1)C(=C(Nc1ccc(CNC)cc1)c1ccccc1)C(=O)N2. The summed E-state index contributed by atoms with van der Waals surface area (Å²) < 4.78 is 0. The largest absolute Gasteiger partial charge is 0.354 e. The third-order valence-corrected chi connectivity index (χ3v) is 5.76. The highest BCUT2D eigenvalue weighted by molar-refractivity contribution is 6.37. The summed E-state index contributed by atoms with van der Waals surface area (Å²) in [5.74, 6) is -0.332. The van der Waals surface area contributed by atoms with Crippen molar-refractivity contribution in [3.8, 4) is 0 Å². The van der Waals surface area contributed by atoms with Gasteiger partial charge in [0, 0.05) is 35.6 Å². The lowest BCUT2D eigenvalue weighted by molar-refractivity contribution is -0.110. The molecule has 34 heavy (non-hydrogen) atoms. The normalized spacial score (nSPS) is 13.8. The Morgan fingerprint density at radius 1 is 0.941 bits per heavy atom. The summed E-state index contributed by atoms with van der Waals surface area (Å²) in [7, 11) is 1.92. The van der Waals surface area contributed by atoms with Crippen molar-refractivity contribution in [2.45, 2.75) is 26.3 Å². The zero-order valence-corrected chi connectivity index (χ0v) is 19.6. The lowest BCUT2D eigenvalue weighted by atomic mass is 9.98. The van der Waals surface area contributed by atoms with Gasteiger partial charge in [-0.25, -0.2) is 0 Å². The van der Waals surface area contributed by atoms with Crippen LogP contribution in [0.4, 0.5) is 11.4 Å². The van der Waals surface area contributed by atoms with Gasteiger partial charge in [0.25, 0.3) is 11.8 Å². The molecule has 3 aromatic carbocycles.